The summed E-state index contributed by atoms with van der Waals surface area (Å²) in [4.78, 5) is 0. The summed E-state index contributed by atoms with van der Waals surface area (Å²) < 4.78 is 16.9. The molecule has 0 amide bonds. The van der Waals surface area contributed by atoms with Crippen LogP contribution in [-0.4, -0.2) is 33.0 Å². The van der Waals surface area contributed by atoms with Gasteiger partial charge >= 0.3 is 0 Å². The van der Waals surface area contributed by atoms with Crippen molar-refractivity contribution in [2.75, 3.05) is 27.9 Å². The first-order valence-electron chi connectivity index (χ1n) is 7.52. The van der Waals surface area contributed by atoms with Crippen LogP contribution in [0.15, 0.2) is 40.9 Å². The zero-order chi connectivity index (χ0) is 17.5. The molecule has 0 saturated heterocycles. The smallest absolute Gasteiger partial charge is 0.124 e. The third-order valence-corrected chi connectivity index (χ3v) is 4.18. The SMILES string of the molecule is COc1ccc(OC)c(C(O)CNCc2cc(Br)ccc2OC)c1. The van der Waals surface area contributed by atoms with Crippen LogP contribution in [-0.2, 0) is 6.54 Å². The largest absolute Gasteiger partial charge is 0.497 e. The molecule has 0 aliphatic heterocycles. The lowest BCUT2D eigenvalue weighted by Gasteiger charge is -2.17. The molecule has 2 aromatic carbocycles. The second-order valence-corrected chi connectivity index (χ2v) is 6.13. The summed E-state index contributed by atoms with van der Waals surface area (Å²) in [7, 11) is 4.82. The van der Waals surface area contributed by atoms with Crippen molar-refractivity contribution in [3.8, 4) is 17.2 Å². The van der Waals surface area contributed by atoms with E-state index < -0.39 is 6.10 Å². The summed E-state index contributed by atoms with van der Waals surface area (Å²) in [5, 5.41) is 13.7. The van der Waals surface area contributed by atoms with Crippen LogP contribution in [0, 0.1) is 0 Å². The highest BCUT2D eigenvalue weighted by Gasteiger charge is 2.15. The minimum Gasteiger partial charge on any atom is -0.497 e. The number of benzene rings is 2. The minimum atomic E-state index is -0.715. The summed E-state index contributed by atoms with van der Waals surface area (Å²) in [6.45, 7) is 0.950. The molecule has 0 saturated carbocycles. The average molecular weight is 396 g/mol. The van der Waals surface area contributed by atoms with Crippen molar-refractivity contribution in [3.63, 3.8) is 0 Å². The third-order valence-electron chi connectivity index (χ3n) is 3.69. The van der Waals surface area contributed by atoms with Gasteiger partial charge < -0.3 is 24.6 Å². The number of ether oxygens (including phenoxy) is 3. The molecule has 2 N–H and O–H groups in total. The number of aliphatic hydroxyl groups excluding tert-OH is 1. The highest BCUT2D eigenvalue weighted by molar-refractivity contribution is 9.10. The average Bonchev–Trinajstić information content (AvgIpc) is 2.61. The highest BCUT2D eigenvalue weighted by Crippen LogP contribution is 2.29. The summed E-state index contributed by atoms with van der Waals surface area (Å²) in [6, 6.07) is 11.2. The Bertz CT molecular complexity index is 678. The number of aliphatic hydroxyl groups is 1. The molecule has 1 atom stereocenters. The van der Waals surface area contributed by atoms with E-state index in [1.54, 1.807) is 39.5 Å². The number of hydrogen-bond acceptors (Lipinski definition) is 5. The molecule has 0 fully saturated rings. The molecule has 0 bridgehead atoms. The molecule has 2 aromatic rings. The molecular weight excluding hydrogens is 374 g/mol. The molecule has 0 heterocycles. The van der Waals surface area contributed by atoms with Crippen molar-refractivity contribution in [3.05, 3.63) is 52.0 Å². The predicted octanol–water partition coefficient (Wildman–Crippen LogP) is 3.30. The van der Waals surface area contributed by atoms with Crippen LogP contribution in [0.3, 0.4) is 0 Å². The van der Waals surface area contributed by atoms with Gasteiger partial charge in [-0.05, 0) is 36.4 Å². The van der Waals surface area contributed by atoms with Crippen molar-refractivity contribution >= 4 is 15.9 Å². The predicted molar refractivity (Wildman–Crippen MR) is 96.9 cm³/mol. The quantitative estimate of drug-likeness (QED) is 0.717. The van der Waals surface area contributed by atoms with Crippen LogP contribution in [0.1, 0.15) is 17.2 Å². The van der Waals surface area contributed by atoms with Crippen molar-refractivity contribution in [2.24, 2.45) is 0 Å². The molecule has 0 spiro atoms. The van der Waals surface area contributed by atoms with Crippen LogP contribution < -0.4 is 19.5 Å². The topological polar surface area (TPSA) is 60.0 Å². The normalized spacial score (nSPS) is 11.9. The fourth-order valence-corrected chi connectivity index (χ4v) is 2.85. The Morgan fingerprint density at radius 3 is 2.38 bits per heavy atom. The number of rotatable bonds is 8. The Morgan fingerprint density at radius 1 is 1.00 bits per heavy atom. The number of hydrogen-bond donors (Lipinski definition) is 2. The number of methoxy groups -OCH3 is 3. The molecule has 0 aliphatic carbocycles. The van der Waals surface area contributed by atoms with E-state index in [1.165, 1.54) is 0 Å². The van der Waals surface area contributed by atoms with Gasteiger partial charge in [-0.1, -0.05) is 15.9 Å². The van der Waals surface area contributed by atoms with Gasteiger partial charge in [-0.2, -0.15) is 0 Å². The van der Waals surface area contributed by atoms with Crippen LogP contribution >= 0.6 is 15.9 Å². The Hall–Kier alpha value is -1.76. The monoisotopic (exact) mass is 395 g/mol. The van der Waals surface area contributed by atoms with Crippen molar-refractivity contribution in [1.29, 1.82) is 0 Å². The molecule has 24 heavy (non-hydrogen) atoms. The summed E-state index contributed by atoms with van der Waals surface area (Å²) in [5.41, 5.74) is 1.70. The van der Waals surface area contributed by atoms with Gasteiger partial charge in [-0.25, -0.2) is 0 Å². The summed E-state index contributed by atoms with van der Waals surface area (Å²) >= 11 is 3.45. The molecule has 0 radical (unpaired) electrons. The second kappa shape index (κ2) is 8.92. The molecule has 0 aliphatic rings. The van der Waals surface area contributed by atoms with E-state index in [4.69, 9.17) is 14.2 Å². The zero-order valence-electron chi connectivity index (χ0n) is 14.0. The van der Waals surface area contributed by atoms with Crippen LogP contribution in [0.2, 0.25) is 0 Å². The van der Waals surface area contributed by atoms with E-state index in [0.29, 0.717) is 30.2 Å². The van der Waals surface area contributed by atoms with Gasteiger partial charge in [0.2, 0.25) is 0 Å². The molecule has 6 heteroatoms. The first-order chi connectivity index (χ1) is 11.6. The van der Waals surface area contributed by atoms with Gasteiger partial charge in [0.25, 0.3) is 0 Å². The Balaban J connectivity index is 2.03. The Kier molecular flexibility index (Phi) is 6.90. The molecule has 2 rings (SSSR count). The van der Waals surface area contributed by atoms with Gasteiger partial charge in [0, 0.05) is 28.7 Å². The summed E-state index contributed by atoms with van der Waals surface area (Å²) in [6.07, 6.45) is -0.715. The standard InChI is InChI=1S/C18H22BrNO4/c1-22-14-5-7-18(24-3)15(9-14)16(21)11-20-10-12-8-13(19)4-6-17(12)23-2/h4-9,16,20-21H,10-11H2,1-3H3. The molecular formula is C18H22BrNO4. The van der Waals surface area contributed by atoms with E-state index >= 15 is 0 Å². The lowest BCUT2D eigenvalue weighted by Crippen LogP contribution is -2.21. The van der Waals surface area contributed by atoms with Gasteiger partial charge in [-0.3, -0.25) is 0 Å². The van der Waals surface area contributed by atoms with Crippen molar-refractivity contribution in [1.82, 2.24) is 5.32 Å². The van der Waals surface area contributed by atoms with E-state index in [1.807, 2.05) is 18.2 Å². The molecule has 130 valence electrons. The maximum Gasteiger partial charge on any atom is 0.124 e. The van der Waals surface area contributed by atoms with Gasteiger partial charge in [-0.15, -0.1) is 0 Å². The Morgan fingerprint density at radius 2 is 1.71 bits per heavy atom. The van der Waals surface area contributed by atoms with E-state index in [0.717, 1.165) is 15.8 Å². The Labute approximate surface area is 150 Å². The highest BCUT2D eigenvalue weighted by atomic mass is 79.9. The molecule has 1 unspecified atom stereocenters. The van der Waals surface area contributed by atoms with Crippen LogP contribution in [0.4, 0.5) is 0 Å². The van der Waals surface area contributed by atoms with E-state index in [9.17, 15) is 5.11 Å². The fourth-order valence-electron chi connectivity index (χ4n) is 2.44. The second-order valence-electron chi connectivity index (χ2n) is 5.21. The minimum absolute atomic E-state index is 0.374. The first kappa shape index (κ1) is 18.6. The van der Waals surface area contributed by atoms with E-state index in [-0.39, 0.29) is 0 Å². The van der Waals surface area contributed by atoms with Gasteiger partial charge in [0.1, 0.15) is 17.2 Å². The van der Waals surface area contributed by atoms with Crippen molar-refractivity contribution in [2.45, 2.75) is 12.6 Å². The van der Waals surface area contributed by atoms with Crippen LogP contribution in [0.25, 0.3) is 0 Å². The van der Waals surface area contributed by atoms with Crippen LogP contribution in [0.5, 0.6) is 17.2 Å². The maximum atomic E-state index is 10.5. The van der Waals surface area contributed by atoms with Gasteiger partial charge in [0.05, 0.1) is 27.4 Å². The fraction of sp³-hybridized carbons (Fsp3) is 0.333. The van der Waals surface area contributed by atoms with E-state index in [2.05, 4.69) is 21.2 Å². The zero-order valence-corrected chi connectivity index (χ0v) is 15.6. The summed E-state index contributed by atoms with van der Waals surface area (Å²) in [5.74, 6) is 2.11. The molecule has 5 nitrogen and oxygen atoms in total. The maximum absolute atomic E-state index is 10.5. The third kappa shape index (κ3) is 4.63. The number of halogens is 1. The lowest BCUT2D eigenvalue weighted by atomic mass is 10.1. The molecule has 0 aromatic heterocycles. The lowest BCUT2D eigenvalue weighted by molar-refractivity contribution is 0.169. The van der Waals surface area contributed by atoms with Gasteiger partial charge in [0.15, 0.2) is 0 Å². The number of nitrogens with one attached hydrogen (secondary N) is 1. The van der Waals surface area contributed by atoms with Crippen molar-refractivity contribution < 1.29 is 19.3 Å². The first-order valence-corrected chi connectivity index (χ1v) is 8.31.